The van der Waals surface area contributed by atoms with Gasteiger partial charge in [0.05, 0.1) is 19.8 Å². The average Bonchev–Trinajstić information content (AvgIpc) is 3.12. The number of rotatable bonds is 7. The van der Waals surface area contributed by atoms with Crippen molar-refractivity contribution in [3.8, 4) is 5.75 Å². The highest BCUT2D eigenvalue weighted by Gasteiger charge is 2.22. The van der Waals surface area contributed by atoms with Crippen LogP contribution in [0.2, 0.25) is 0 Å². The van der Waals surface area contributed by atoms with Crippen LogP contribution in [0.25, 0.3) is 0 Å². The van der Waals surface area contributed by atoms with Crippen LogP contribution in [-0.4, -0.2) is 25.9 Å². The maximum Gasteiger partial charge on any atom is 0.119 e. The fourth-order valence-corrected chi connectivity index (χ4v) is 1.30. The normalized spacial score (nSPS) is 18.1. The van der Waals surface area contributed by atoms with Crippen LogP contribution in [-0.2, 0) is 16.1 Å². The lowest BCUT2D eigenvalue weighted by atomic mass is 10.2. The van der Waals surface area contributed by atoms with Gasteiger partial charge in [-0.05, 0) is 17.7 Å². The Labute approximate surface area is 95.6 Å². The molecule has 0 spiro atoms. The van der Waals surface area contributed by atoms with Crippen molar-refractivity contribution in [1.29, 1.82) is 0 Å². The molecule has 3 heteroatoms. The molecular weight excluding hydrogens is 204 g/mol. The molecule has 0 radical (unpaired) electrons. The van der Waals surface area contributed by atoms with Gasteiger partial charge in [0.25, 0.3) is 0 Å². The summed E-state index contributed by atoms with van der Waals surface area (Å²) in [7, 11) is 0. The number of hydrogen-bond acceptors (Lipinski definition) is 3. The Morgan fingerprint density at radius 1 is 1.38 bits per heavy atom. The molecule has 1 aromatic carbocycles. The standard InChI is InChI=1S/C13H16O3/c1-2-7-14-8-11-3-5-12(6-4-11)15-9-13-10-16-13/h2-6,13H,1,7-10H2. The molecule has 1 saturated heterocycles. The highest BCUT2D eigenvalue weighted by molar-refractivity contribution is 5.26. The van der Waals surface area contributed by atoms with Crippen LogP contribution >= 0.6 is 0 Å². The van der Waals surface area contributed by atoms with Crippen molar-refractivity contribution in [3.05, 3.63) is 42.5 Å². The van der Waals surface area contributed by atoms with Gasteiger partial charge in [0.15, 0.2) is 0 Å². The van der Waals surface area contributed by atoms with Gasteiger partial charge < -0.3 is 14.2 Å². The van der Waals surface area contributed by atoms with Crippen LogP contribution in [0.3, 0.4) is 0 Å². The second-order valence-electron chi connectivity index (χ2n) is 3.71. The van der Waals surface area contributed by atoms with Crippen molar-refractivity contribution in [2.24, 2.45) is 0 Å². The molecule has 86 valence electrons. The second-order valence-corrected chi connectivity index (χ2v) is 3.71. The van der Waals surface area contributed by atoms with Crippen molar-refractivity contribution in [2.45, 2.75) is 12.7 Å². The fourth-order valence-electron chi connectivity index (χ4n) is 1.30. The lowest BCUT2D eigenvalue weighted by Gasteiger charge is -2.05. The summed E-state index contributed by atoms with van der Waals surface area (Å²) in [6, 6.07) is 7.92. The number of epoxide rings is 1. The highest BCUT2D eigenvalue weighted by Crippen LogP contribution is 2.16. The van der Waals surface area contributed by atoms with E-state index in [1.165, 1.54) is 0 Å². The lowest BCUT2D eigenvalue weighted by molar-refractivity contribution is 0.149. The van der Waals surface area contributed by atoms with E-state index in [4.69, 9.17) is 14.2 Å². The van der Waals surface area contributed by atoms with Gasteiger partial charge in [0.1, 0.15) is 18.5 Å². The summed E-state index contributed by atoms with van der Waals surface area (Å²) in [6.45, 7) is 6.26. The topological polar surface area (TPSA) is 31.0 Å². The van der Waals surface area contributed by atoms with Gasteiger partial charge in [-0.1, -0.05) is 18.2 Å². The Bertz CT molecular complexity index is 328. The van der Waals surface area contributed by atoms with Crippen LogP contribution in [0.4, 0.5) is 0 Å². The van der Waals surface area contributed by atoms with Crippen molar-refractivity contribution >= 4 is 0 Å². The molecule has 0 aromatic heterocycles. The number of hydrogen-bond donors (Lipinski definition) is 0. The Morgan fingerprint density at radius 3 is 2.75 bits per heavy atom. The second kappa shape index (κ2) is 5.68. The number of benzene rings is 1. The molecule has 16 heavy (non-hydrogen) atoms. The van der Waals surface area contributed by atoms with Crippen LogP contribution in [0.5, 0.6) is 5.75 Å². The minimum absolute atomic E-state index is 0.301. The molecule has 0 saturated carbocycles. The molecule has 1 atom stereocenters. The van der Waals surface area contributed by atoms with Gasteiger partial charge in [-0.25, -0.2) is 0 Å². The van der Waals surface area contributed by atoms with Crippen molar-refractivity contribution < 1.29 is 14.2 Å². The molecule has 1 aliphatic rings. The number of ether oxygens (including phenoxy) is 3. The van der Waals surface area contributed by atoms with E-state index in [-0.39, 0.29) is 0 Å². The van der Waals surface area contributed by atoms with E-state index in [1.807, 2.05) is 24.3 Å². The maximum absolute atomic E-state index is 5.53. The molecular formula is C13H16O3. The van der Waals surface area contributed by atoms with E-state index in [2.05, 4.69) is 6.58 Å². The molecule has 3 nitrogen and oxygen atoms in total. The van der Waals surface area contributed by atoms with Gasteiger partial charge in [-0.3, -0.25) is 0 Å². The summed E-state index contributed by atoms with van der Waals surface area (Å²) < 4.78 is 15.9. The van der Waals surface area contributed by atoms with E-state index < -0.39 is 0 Å². The summed E-state index contributed by atoms with van der Waals surface area (Å²) >= 11 is 0. The molecule has 1 fully saturated rings. The molecule has 0 amide bonds. The first-order chi connectivity index (χ1) is 7.88. The van der Waals surface area contributed by atoms with E-state index >= 15 is 0 Å². The molecule has 1 aromatic rings. The quantitative estimate of drug-likeness (QED) is 0.401. The van der Waals surface area contributed by atoms with E-state index in [9.17, 15) is 0 Å². The van der Waals surface area contributed by atoms with Crippen LogP contribution in [0.15, 0.2) is 36.9 Å². The SMILES string of the molecule is C=CCOCc1ccc(OCC2CO2)cc1. The van der Waals surface area contributed by atoms with Crippen LogP contribution < -0.4 is 4.74 Å². The summed E-state index contributed by atoms with van der Waals surface area (Å²) in [5, 5.41) is 0. The van der Waals surface area contributed by atoms with Gasteiger partial charge in [0.2, 0.25) is 0 Å². The Balaban J connectivity index is 1.76. The third-order valence-corrected chi connectivity index (χ3v) is 2.27. The molecule has 2 rings (SSSR count). The Morgan fingerprint density at radius 2 is 2.12 bits per heavy atom. The molecule has 0 N–H and O–H groups in total. The van der Waals surface area contributed by atoms with Crippen LogP contribution in [0.1, 0.15) is 5.56 Å². The molecule has 1 aliphatic heterocycles. The zero-order valence-corrected chi connectivity index (χ0v) is 9.22. The molecule has 0 bridgehead atoms. The Kier molecular flexibility index (Phi) is 3.97. The smallest absolute Gasteiger partial charge is 0.119 e. The van der Waals surface area contributed by atoms with Gasteiger partial charge in [-0.15, -0.1) is 6.58 Å². The van der Waals surface area contributed by atoms with E-state index in [1.54, 1.807) is 6.08 Å². The lowest BCUT2D eigenvalue weighted by Crippen LogP contribution is -2.03. The van der Waals surface area contributed by atoms with Gasteiger partial charge in [-0.2, -0.15) is 0 Å². The van der Waals surface area contributed by atoms with Crippen LogP contribution in [0, 0.1) is 0 Å². The maximum atomic E-state index is 5.53. The van der Waals surface area contributed by atoms with Gasteiger partial charge in [0, 0.05) is 0 Å². The monoisotopic (exact) mass is 220 g/mol. The summed E-state index contributed by atoms with van der Waals surface area (Å²) in [4.78, 5) is 0. The predicted octanol–water partition coefficient (Wildman–Crippen LogP) is 2.17. The minimum Gasteiger partial charge on any atom is -0.491 e. The highest BCUT2D eigenvalue weighted by atomic mass is 16.6. The van der Waals surface area contributed by atoms with E-state index in [0.29, 0.717) is 25.9 Å². The minimum atomic E-state index is 0.301. The average molecular weight is 220 g/mol. The van der Waals surface area contributed by atoms with Crippen molar-refractivity contribution in [2.75, 3.05) is 19.8 Å². The summed E-state index contributed by atoms with van der Waals surface area (Å²) in [5.74, 6) is 0.878. The molecule has 1 heterocycles. The summed E-state index contributed by atoms with van der Waals surface area (Å²) in [5.41, 5.74) is 1.14. The first-order valence-corrected chi connectivity index (χ1v) is 5.40. The predicted molar refractivity (Wildman–Crippen MR) is 61.5 cm³/mol. The zero-order chi connectivity index (χ0) is 11.2. The fraction of sp³-hybridized carbons (Fsp3) is 0.385. The third-order valence-electron chi connectivity index (χ3n) is 2.27. The first kappa shape index (κ1) is 11.2. The molecule has 0 aliphatic carbocycles. The van der Waals surface area contributed by atoms with E-state index in [0.717, 1.165) is 17.9 Å². The first-order valence-electron chi connectivity index (χ1n) is 5.40. The van der Waals surface area contributed by atoms with Crippen molar-refractivity contribution in [1.82, 2.24) is 0 Å². The Hall–Kier alpha value is -1.32. The zero-order valence-electron chi connectivity index (χ0n) is 9.22. The largest absolute Gasteiger partial charge is 0.491 e. The third kappa shape index (κ3) is 3.68. The molecule has 1 unspecified atom stereocenters. The van der Waals surface area contributed by atoms with Crippen molar-refractivity contribution in [3.63, 3.8) is 0 Å². The van der Waals surface area contributed by atoms with Gasteiger partial charge >= 0.3 is 0 Å². The summed E-state index contributed by atoms with van der Waals surface area (Å²) in [6.07, 6.45) is 2.04.